The molecule has 0 unspecified atom stereocenters. The van der Waals surface area contributed by atoms with Crippen molar-refractivity contribution in [2.75, 3.05) is 39.0 Å². The number of carbonyl (C=O) groups is 1. The summed E-state index contributed by atoms with van der Waals surface area (Å²) in [7, 11) is 3.99. The molecule has 0 atom stereocenters. The maximum Gasteiger partial charge on any atom is 0.240 e. The highest BCUT2D eigenvalue weighted by molar-refractivity contribution is 7.13. The van der Waals surface area contributed by atoms with Gasteiger partial charge >= 0.3 is 0 Å². The van der Waals surface area contributed by atoms with Crippen LogP contribution < -0.4 is 10.6 Å². The number of hydrogen-bond acceptors (Lipinski definition) is 5. The van der Waals surface area contributed by atoms with Crippen molar-refractivity contribution in [1.29, 1.82) is 0 Å². The molecule has 1 aromatic heterocycles. The second-order valence-corrected chi connectivity index (χ2v) is 4.26. The zero-order valence-corrected chi connectivity index (χ0v) is 9.80. The van der Waals surface area contributed by atoms with Crippen LogP contribution in [0.25, 0.3) is 0 Å². The van der Waals surface area contributed by atoms with E-state index < -0.39 is 0 Å². The minimum Gasteiger partial charge on any atom is -0.308 e. The van der Waals surface area contributed by atoms with E-state index in [0.29, 0.717) is 11.7 Å². The lowest BCUT2D eigenvalue weighted by Gasteiger charge is -2.09. The summed E-state index contributed by atoms with van der Waals surface area (Å²) in [5.41, 5.74) is 0. The number of thiazole rings is 1. The fourth-order valence-electron chi connectivity index (χ4n) is 0.953. The van der Waals surface area contributed by atoms with E-state index in [9.17, 15) is 4.79 Å². The number of likely N-dealkylation sites (N-methyl/N-ethyl adjacent to an activating group) is 1. The summed E-state index contributed by atoms with van der Waals surface area (Å²) < 4.78 is 0. The molecule has 0 fully saturated rings. The molecule has 1 rings (SSSR count). The maximum atomic E-state index is 11.3. The van der Waals surface area contributed by atoms with Crippen molar-refractivity contribution >= 4 is 22.4 Å². The number of nitrogens with zero attached hydrogens (tertiary/aromatic N) is 2. The van der Waals surface area contributed by atoms with Crippen LogP contribution in [-0.2, 0) is 4.79 Å². The molecule has 0 bridgehead atoms. The first kappa shape index (κ1) is 12.1. The number of anilines is 1. The lowest BCUT2D eigenvalue weighted by molar-refractivity contribution is -0.115. The molecule has 84 valence electrons. The molecule has 0 aliphatic carbocycles. The summed E-state index contributed by atoms with van der Waals surface area (Å²) in [4.78, 5) is 17.4. The SMILES string of the molecule is CN(C)CCNCC(=O)Nc1nccs1. The molecule has 1 aromatic rings. The Kier molecular flexibility index (Phi) is 5.23. The molecule has 1 heterocycles. The third kappa shape index (κ3) is 5.46. The van der Waals surface area contributed by atoms with Crippen LogP contribution in [0.1, 0.15) is 0 Å². The smallest absolute Gasteiger partial charge is 0.240 e. The highest BCUT2D eigenvalue weighted by atomic mass is 32.1. The molecule has 2 N–H and O–H groups in total. The molecule has 5 nitrogen and oxygen atoms in total. The van der Waals surface area contributed by atoms with Crippen LogP contribution >= 0.6 is 11.3 Å². The Labute approximate surface area is 93.5 Å². The summed E-state index contributed by atoms with van der Waals surface area (Å²) in [5, 5.41) is 8.23. The number of aromatic nitrogens is 1. The normalized spacial score (nSPS) is 10.6. The average Bonchev–Trinajstić information content (AvgIpc) is 2.64. The first-order valence-corrected chi connectivity index (χ1v) is 5.61. The Morgan fingerprint density at radius 1 is 1.60 bits per heavy atom. The molecule has 1 amide bonds. The van der Waals surface area contributed by atoms with Gasteiger partial charge in [0.15, 0.2) is 5.13 Å². The van der Waals surface area contributed by atoms with Crippen molar-refractivity contribution in [1.82, 2.24) is 15.2 Å². The van der Waals surface area contributed by atoms with Crippen molar-refractivity contribution in [3.05, 3.63) is 11.6 Å². The zero-order chi connectivity index (χ0) is 11.1. The zero-order valence-electron chi connectivity index (χ0n) is 8.99. The van der Waals surface area contributed by atoms with E-state index >= 15 is 0 Å². The van der Waals surface area contributed by atoms with Gasteiger partial charge in [-0.2, -0.15) is 0 Å². The first-order chi connectivity index (χ1) is 7.18. The quantitative estimate of drug-likeness (QED) is 0.685. The van der Waals surface area contributed by atoms with Gasteiger partial charge in [0, 0.05) is 24.7 Å². The van der Waals surface area contributed by atoms with Gasteiger partial charge in [-0.3, -0.25) is 4.79 Å². The minimum atomic E-state index is -0.0521. The molecule has 15 heavy (non-hydrogen) atoms. The number of rotatable bonds is 6. The molecular formula is C9H16N4OS. The van der Waals surface area contributed by atoms with Gasteiger partial charge < -0.3 is 15.5 Å². The van der Waals surface area contributed by atoms with E-state index in [1.807, 2.05) is 19.5 Å². The number of carbonyl (C=O) groups excluding carboxylic acids is 1. The van der Waals surface area contributed by atoms with Crippen LogP contribution in [0.15, 0.2) is 11.6 Å². The minimum absolute atomic E-state index is 0.0521. The van der Waals surface area contributed by atoms with E-state index in [0.717, 1.165) is 13.1 Å². The summed E-state index contributed by atoms with van der Waals surface area (Å²) in [6.07, 6.45) is 1.67. The van der Waals surface area contributed by atoms with Crippen molar-refractivity contribution < 1.29 is 4.79 Å². The van der Waals surface area contributed by atoms with Gasteiger partial charge in [0.05, 0.1) is 6.54 Å². The van der Waals surface area contributed by atoms with Gasteiger partial charge in [-0.05, 0) is 14.1 Å². The van der Waals surface area contributed by atoms with E-state index in [2.05, 4.69) is 20.5 Å². The van der Waals surface area contributed by atoms with Gasteiger partial charge in [0.2, 0.25) is 5.91 Å². The maximum absolute atomic E-state index is 11.3. The summed E-state index contributed by atoms with van der Waals surface area (Å²) in [6.45, 7) is 2.05. The van der Waals surface area contributed by atoms with Crippen LogP contribution in [0.3, 0.4) is 0 Å². The lowest BCUT2D eigenvalue weighted by Crippen LogP contribution is -2.33. The van der Waals surface area contributed by atoms with E-state index in [1.54, 1.807) is 6.20 Å². The lowest BCUT2D eigenvalue weighted by atomic mass is 10.5. The van der Waals surface area contributed by atoms with Gasteiger partial charge in [-0.15, -0.1) is 11.3 Å². The fraction of sp³-hybridized carbons (Fsp3) is 0.556. The average molecular weight is 228 g/mol. The largest absolute Gasteiger partial charge is 0.308 e. The molecular weight excluding hydrogens is 212 g/mol. The number of hydrogen-bond donors (Lipinski definition) is 2. The van der Waals surface area contributed by atoms with Crippen LogP contribution in [0.4, 0.5) is 5.13 Å². The highest BCUT2D eigenvalue weighted by Gasteiger charge is 2.02. The van der Waals surface area contributed by atoms with Gasteiger partial charge in [-0.25, -0.2) is 4.98 Å². The number of nitrogens with one attached hydrogen (secondary N) is 2. The van der Waals surface area contributed by atoms with Crippen molar-refractivity contribution in [2.24, 2.45) is 0 Å². The van der Waals surface area contributed by atoms with E-state index in [4.69, 9.17) is 0 Å². The molecule has 0 aliphatic rings. The van der Waals surface area contributed by atoms with Crippen molar-refractivity contribution in [3.63, 3.8) is 0 Å². The fourth-order valence-corrected chi connectivity index (χ4v) is 1.50. The Morgan fingerprint density at radius 3 is 3.00 bits per heavy atom. The summed E-state index contributed by atoms with van der Waals surface area (Å²) in [5.74, 6) is -0.0521. The predicted octanol–water partition coefficient (Wildman–Crippen LogP) is 0.233. The molecule has 0 aromatic carbocycles. The van der Waals surface area contributed by atoms with E-state index in [-0.39, 0.29) is 5.91 Å². The van der Waals surface area contributed by atoms with Crippen LogP contribution in [0, 0.1) is 0 Å². The molecule has 0 saturated carbocycles. The first-order valence-electron chi connectivity index (χ1n) is 4.73. The Balaban J connectivity index is 2.09. The van der Waals surface area contributed by atoms with Crippen molar-refractivity contribution in [2.45, 2.75) is 0 Å². The molecule has 0 aliphatic heterocycles. The second-order valence-electron chi connectivity index (χ2n) is 3.37. The summed E-state index contributed by atoms with van der Waals surface area (Å²) >= 11 is 1.42. The third-order valence-corrected chi connectivity index (χ3v) is 2.39. The second kappa shape index (κ2) is 6.49. The highest BCUT2D eigenvalue weighted by Crippen LogP contribution is 2.09. The Hall–Kier alpha value is -0.980. The van der Waals surface area contributed by atoms with Crippen molar-refractivity contribution in [3.8, 4) is 0 Å². The Bertz CT molecular complexity index is 286. The molecule has 0 spiro atoms. The van der Waals surface area contributed by atoms with Gasteiger partial charge in [0.25, 0.3) is 0 Å². The Morgan fingerprint density at radius 2 is 2.40 bits per heavy atom. The van der Waals surface area contributed by atoms with E-state index in [1.165, 1.54) is 11.3 Å². The molecule has 0 saturated heterocycles. The predicted molar refractivity (Wildman–Crippen MR) is 62.2 cm³/mol. The van der Waals surface area contributed by atoms with Crippen LogP contribution in [-0.4, -0.2) is 49.5 Å². The third-order valence-electron chi connectivity index (χ3n) is 1.70. The van der Waals surface area contributed by atoms with Gasteiger partial charge in [-0.1, -0.05) is 0 Å². The van der Waals surface area contributed by atoms with Crippen LogP contribution in [0.5, 0.6) is 0 Å². The monoisotopic (exact) mass is 228 g/mol. The van der Waals surface area contributed by atoms with Gasteiger partial charge in [0.1, 0.15) is 0 Å². The topological polar surface area (TPSA) is 57.3 Å². The standard InChI is InChI=1S/C9H16N4OS/c1-13(2)5-3-10-7-8(14)12-9-11-4-6-15-9/h4,6,10H,3,5,7H2,1-2H3,(H,11,12,14). The van der Waals surface area contributed by atoms with Crippen LogP contribution in [0.2, 0.25) is 0 Å². The molecule has 0 radical (unpaired) electrons. The summed E-state index contributed by atoms with van der Waals surface area (Å²) in [6, 6.07) is 0. The number of amides is 1. The molecule has 6 heteroatoms.